The van der Waals surface area contributed by atoms with Gasteiger partial charge >= 0.3 is 0 Å². The third kappa shape index (κ3) is 3.45. The smallest absolute Gasteiger partial charge is 0.224 e. The van der Waals surface area contributed by atoms with E-state index in [0.29, 0.717) is 19.4 Å². The highest BCUT2D eigenvalue weighted by atomic mass is 16.2. The Morgan fingerprint density at radius 3 is 2.60 bits per heavy atom. The minimum absolute atomic E-state index is 0.0337. The van der Waals surface area contributed by atoms with Crippen molar-refractivity contribution >= 4 is 11.7 Å². The zero-order valence-electron chi connectivity index (χ0n) is 12.1. The highest BCUT2D eigenvalue weighted by molar-refractivity contribution is 5.80. The fourth-order valence-electron chi connectivity index (χ4n) is 2.79. The molecule has 0 aliphatic carbocycles. The number of rotatable bonds is 4. The highest BCUT2D eigenvalue weighted by Gasteiger charge is 2.30. The first-order chi connectivity index (χ1) is 9.47. The first kappa shape index (κ1) is 14.7. The van der Waals surface area contributed by atoms with E-state index in [1.807, 2.05) is 30.0 Å². The Morgan fingerprint density at radius 2 is 2.00 bits per heavy atom. The van der Waals surface area contributed by atoms with E-state index >= 15 is 0 Å². The number of Topliss-reactive ketones (excluding diaryl/α,β-unsaturated/α-hetero) is 1. The van der Waals surface area contributed by atoms with Crippen LogP contribution in [0.25, 0.3) is 0 Å². The summed E-state index contributed by atoms with van der Waals surface area (Å²) in [4.78, 5) is 25.6. The van der Waals surface area contributed by atoms with Crippen LogP contribution in [0.1, 0.15) is 37.8 Å². The van der Waals surface area contributed by atoms with Crippen LogP contribution in [0.2, 0.25) is 0 Å². The summed E-state index contributed by atoms with van der Waals surface area (Å²) in [5, 5.41) is 0. The molecule has 20 heavy (non-hydrogen) atoms. The number of hydrogen-bond acceptors (Lipinski definition) is 3. The molecule has 2 N–H and O–H groups in total. The summed E-state index contributed by atoms with van der Waals surface area (Å²) in [6.45, 7) is 3.99. The Kier molecular flexibility index (Phi) is 4.55. The predicted molar refractivity (Wildman–Crippen MR) is 78.0 cm³/mol. The quantitative estimate of drug-likeness (QED) is 0.908. The van der Waals surface area contributed by atoms with Crippen molar-refractivity contribution in [2.24, 2.45) is 5.73 Å². The number of nitrogens with two attached hydrogens (primary N) is 1. The minimum atomic E-state index is -0.155. The van der Waals surface area contributed by atoms with Crippen molar-refractivity contribution in [1.29, 1.82) is 0 Å². The first-order valence-electron chi connectivity index (χ1n) is 7.08. The number of ketones is 1. The van der Waals surface area contributed by atoms with Crippen molar-refractivity contribution in [1.82, 2.24) is 4.90 Å². The maximum Gasteiger partial charge on any atom is 0.224 e. The van der Waals surface area contributed by atoms with Gasteiger partial charge in [-0.2, -0.15) is 0 Å². The van der Waals surface area contributed by atoms with E-state index in [2.05, 4.69) is 6.07 Å². The van der Waals surface area contributed by atoms with Crippen LogP contribution in [0.4, 0.5) is 0 Å². The third-order valence-corrected chi connectivity index (χ3v) is 3.70. The van der Waals surface area contributed by atoms with Crippen molar-refractivity contribution < 1.29 is 9.59 Å². The second-order valence-corrected chi connectivity index (χ2v) is 5.74. The SMILES string of the molecule is CC(=O)C[C@H]1Cc2ccccc2CN1C(=O)C[C@H](C)N. The van der Waals surface area contributed by atoms with E-state index in [1.165, 1.54) is 11.1 Å². The summed E-state index contributed by atoms with van der Waals surface area (Å²) in [6, 6.07) is 7.93. The minimum Gasteiger partial charge on any atom is -0.335 e. The molecule has 0 unspecified atom stereocenters. The van der Waals surface area contributed by atoms with Gasteiger partial charge in [0.05, 0.1) is 0 Å². The Morgan fingerprint density at radius 1 is 1.35 bits per heavy atom. The van der Waals surface area contributed by atoms with Gasteiger partial charge in [-0.15, -0.1) is 0 Å². The molecule has 0 radical (unpaired) electrons. The topological polar surface area (TPSA) is 63.4 Å². The van der Waals surface area contributed by atoms with Crippen LogP contribution in [-0.4, -0.2) is 28.7 Å². The summed E-state index contributed by atoms with van der Waals surface area (Å²) in [7, 11) is 0. The molecule has 1 heterocycles. The van der Waals surface area contributed by atoms with Gasteiger partial charge in [-0.25, -0.2) is 0 Å². The van der Waals surface area contributed by atoms with E-state index < -0.39 is 0 Å². The molecule has 1 aromatic carbocycles. The first-order valence-corrected chi connectivity index (χ1v) is 7.08. The summed E-state index contributed by atoms with van der Waals surface area (Å²) in [6.07, 6.45) is 1.50. The van der Waals surface area contributed by atoms with Crippen molar-refractivity contribution in [2.45, 2.75) is 51.7 Å². The lowest BCUT2D eigenvalue weighted by Crippen LogP contribution is -2.46. The van der Waals surface area contributed by atoms with E-state index in [1.54, 1.807) is 6.92 Å². The molecule has 108 valence electrons. The maximum atomic E-state index is 12.3. The van der Waals surface area contributed by atoms with Crippen molar-refractivity contribution in [2.75, 3.05) is 0 Å². The molecule has 1 aliphatic rings. The van der Waals surface area contributed by atoms with Crippen LogP contribution in [0.15, 0.2) is 24.3 Å². The largest absolute Gasteiger partial charge is 0.335 e. The van der Waals surface area contributed by atoms with Crippen LogP contribution >= 0.6 is 0 Å². The number of hydrogen-bond donors (Lipinski definition) is 1. The van der Waals surface area contributed by atoms with Gasteiger partial charge in [-0.3, -0.25) is 9.59 Å². The lowest BCUT2D eigenvalue weighted by atomic mass is 9.91. The van der Waals surface area contributed by atoms with Crippen molar-refractivity contribution in [3.63, 3.8) is 0 Å². The third-order valence-electron chi connectivity index (χ3n) is 3.70. The predicted octanol–water partition coefficient (Wildman–Crippen LogP) is 1.66. The van der Waals surface area contributed by atoms with E-state index in [0.717, 1.165) is 6.42 Å². The number of nitrogens with zero attached hydrogens (tertiary/aromatic N) is 1. The molecule has 1 aromatic rings. The Bertz CT molecular complexity index is 511. The molecular formula is C16H22N2O2. The van der Waals surface area contributed by atoms with Gasteiger partial charge in [0, 0.05) is 31.5 Å². The molecule has 0 fully saturated rings. The second kappa shape index (κ2) is 6.18. The second-order valence-electron chi connectivity index (χ2n) is 5.74. The zero-order chi connectivity index (χ0) is 14.7. The molecule has 1 amide bonds. The molecule has 4 heteroatoms. The molecule has 0 aromatic heterocycles. The highest BCUT2D eigenvalue weighted by Crippen LogP contribution is 2.25. The summed E-state index contributed by atoms with van der Waals surface area (Å²) >= 11 is 0. The van der Waals surface area contributed by atoms with Gasteiger partial charge < -0.3 is 10.6 Å². The van der Waals surface area contributed by atoms with Crippen molar-refractivity contribution in [3.8, 4) is 0 Å². The molecule has 2 atom stereocenters. The summed E-state index contributed by atoms with van der Waals surface area (Å²) in [5.74, 6) is 0.161. The van der Waals surface area contributed by atoms with Crippen LogP contribution in [0.5, 0.6) is 0 Å². The average molecular weight is 274 g/mol. The van der Waals surface area contributed by atoms with Crippen LogP contribution < -0.4 is 5.73 Å². The van der Waals surface area contributed by atoms with Gasteiger partial charge in [0.2, 0.25) is 5.91 Å². The molecule has 1 aliphatic heterocycles. The molecule has 0 bridgehead atoms. The number of carbonyl (C=O) groups excluding carboxylic acids is 2. The van der Waals surface area contributed by atoms with Crippen molar-refractivity contribution in [3.05, 3.63) is 35.4 Å². The molecular weight excluding hydrogens is 252 g/mol. The van der Waals surface area contributed by atoms with Gasteiger partial charge in [0.25, 0.3) is 0 Å². The maximum absolute atomic E-state index is 12.3. The Balaban J connectivity index is 2.22. The zero-order valence-corrected chi connectivity index (χ0v) is 12.1. The summed E-state index contributed by atoms with van der Waals surface area (Å²) in [5.41, 5.74) is 8.14. The molecule has 0 spiro atoms. The summed E-state index contributed by atoms with van der Waals surface area (Å²) < 4.78 is 0. The van der Waals surface area contributed by atoms with Gasteiger partial charge in [-0.1, -0.05) is 24.3 Å². The molecule has 2 rings (SSSR count). The molecule has 4 nitrogen and oxygen atoms in total. The standard InChI is InChI=1S/C16H22N2O2/c1-11(17)7-16(20)18-10-14-6-4-3-5-13(14)9-15(18)8-12(2)19/h3-6,11,15H,7-10,17H2,1-2H3/t11-,15-/m0/s1. The Labute approximate surface area is 119 Å². The lowest BCUT2D eigenvalue weighted by molar-refractivity contribution is -0.135. The number of fused-ring (bicyclic) bond motifs is 1. The van der Waals surface area contributed by atoms with Gasteiger partial charge in [-0.05, 0) is 31.4 Å². The Hall–Kier alpha value is -1.68. The van der Waals surface area contributed by atoms with E-state index in [4.69, 9.17) is 5.73 Å². The van der Waals surface area contributed by atoms with Crippen LogP contribution in [0.3, 0.4) is 0 Å². The monoisotopic (exact) mass is 274 g/mol. The number of benzene rings is 1. The fourth-order valence-corrected chi connectivity index (χ4v) is 2.79. The average Bonchev–Trinajstić information content (AvgIpc) is 2.36. The van der Waals surface area contributed by atoms with Crippen LogP contribution in [0, 0.1) is 0 Å². The van der Waals surface area contributed by atoms with Gasteiger partial charge in [0.1, 0.15) is 5.78 Å². The fraction of sp³-hybridized carbons (Fsp3) is 0.500. The van der Waals surface area contributed by atoms with E-state index in [-0.39, 0.29) is 23.8 Å². The number of carbonyl (C=O) groups is 2. The molecule has 0 saturated heterocycles. The normalized spacial score (nSPS) is 19.4. The van der Waals surface area contributed by atoms with E-state index in [9.17, 15) is 9.59 Å². The number of amides is 1. The van der Waals surface area contributed by atoms with Crippen LogP contribution in [-0.2, 0) is 22.6 Å². The van der Waals surface area contributed by atoms with Gasteiger partial charge in [0.15, 0.2) is 0 Å². The molecule has 0 saturated carbocycles. The lowest BCUT2D eigenvalue weighted by Gasteiger charge is -2.37.